The first-order valence-corrected chi connectivity index (χ1v) is 7.00. The normalized spacial score (nSPS) is 16.6. The van der Waals surface area contributed by atoms with Crippen molar-refractivity contribution < 1.29 is 4.39 Å². The lowest BCUT2D eigenvalue weighted by Gasteiger charge is -2.24. The molecule has 1 atom stereocenters. The minimum absolute atomic E-state index is 0.116. The standard InChI is InChI=1S/C17H13FN4/c18-14-8-6-13(7-9-14)16-10-15(12-4-2-1-3-5-12)21-17-19-11-20-22(16)17/h1-11,16H,(H,19,20,21)/t16-/m1/s1. The van der Waals surface area contributed by atoms with Crippen LogP contribution in [0.4, 0.5) is 10.3 Å². The third-order valence-electron chi connectivity index (χ3n) is 3.70. The largest absolute Gasteiger partial charge is 0.324 e. The van der Waals surface area contributed by atoms with Gasteiger partial charge in [0.05, 0.1) is 0 Å². The number of hydrogen-bond donors (Lipinski definition) is 1. The summed E-state index contributed by atoms with van der Waals surface area (Å²) in [5.41, 5.74) is 3.00. The monoisotopic (exact) mass is 292 g/mol. The molecule has 0 spiro atoms. The second-order valence-corrected chi connectivity index (χ2v) is 5.10. The number of rotatable bonds is 2. The molecular weight excluding hydrogens is 279 g/mol. The highest BCUT2D eigenvalue weighted by atomic mass is 19.1. The van der Waals surface area contributed by atoms with Crippen LogP contribution in [0.1, 0.15) is 17.2 Å². The summed E-state index contributed by atoms with van der Waals surface area (Å²) in [5, 5.41) is 7.55. The molecule has 2 aromatic carbocycles. The number of halogens is 1. The molecule has 4 nitrogen and oxygen atoms in total. The molecule has 0 fully saturated rings. The molecule has 2 heterocycles. The lowest BCUT2D eigenvalue weighted by atomic mass is 10.0. The third-order valence-corrected chi connectivity index (χ3v) is 3.70. The predicted octanol–water partition coefficient (Wildman–Crippen LogP) is 3.47. The lowest BCUT2D eigenvalue weighted by Crippen LogP contribution is -2.20. The van der Waals surface area contributed by atoms with Gasteiger partial charge in [-0.1, -0.05) is 42.5 Å². The van der Waals surface area contributed by atoms with Crippen LogP contribution in [0.25, 0.3) is 5.70 Å². The van der Waals surface area contributed by atoms with E-state index in [0.717, 1.165) is 16.8 Å². The molecule has 0 saturated carbocycles. The third kappa shape index (κ3) is 2.16. The van der Waals surface area contributed by atoms with Gasteiger partial charge in [-0.15, -0.1) is 0 Å². The Morgan fingerprint density at radius 3 is 2.55 bits per heavy atom. The van der Waals surface area contributed by atoms with E-state index in [9.17, 15) is 4.39 Å². The van der Waals surface area contributed by atoms with Gasteiger partial charge in [0, 0.05) is 5.70 Å². The Kier molecular flexibility index (Phi) is 2.96. The van der Waals surface area contributed by atoms with E-state index in [2.05, 4.69) is 21.5 Å². The van der Waals surface area contributed by atoms with Crippen molar-refractivity contribution in [2.45, 2.75) is 6.04 Å². The van der Waals surface area contributed by atoms with Crippen molar-refractivity contribution in [1.29, 1.82) is 0 Å². The van der Waals surface area contributed by atoms with Crippen molar-refractivity contribution >= 4 is 11.6 Å². The molecule has 1 aliphatic rings. The number of allylic oxidation sites excluding steroid dienone is 1. The smallest absolute Gasteiger partial charge is 0.226 e. The second kappa shape index (κ2) is 5.11. The molecule has 1 aromatic heterocycles. The van der Waals surface area contributed by atoms with Crippen LogP contribution in [0.2, 0.25) is 0 Å². The fourth-order valence-electron chi connectivity index (χ4n) is 2.62. The van der Waals surface area contributed by atoms with E-state index in [-0.39, 0.29) is 11.9 Å². The van der Waals surface area contributed by atoms with Crippen molar-refractivity contribution in [2.75, 3.05) is 5.32 Å². The Bertz CT molecular complexity index is 821. The summed E-state index contributed by atoms with van der Waals surface area (Å²) in [5.74, 6) is 0.430. The van der Waals surface area contributed by atoms with Gasteiger partial charge in [-0.3, -0.25) is 0 Å². The van der Waals surface area contributed by atoms with E-state index in [0.29, 0.717) is 5.95 Å². The highest BCUT2D eigenvalue weighted by Crippen LogP contribution is 2.31. The van der Waals surface area contributed by atoms with E-state index in [1.807, 2.05) is 30.3 Å². The summed E-state index contributed by atoms with van der Waals surface area (Å²) in [6.07, 6.45) is 3.59. The van der Waals surface area contributed by atoms with E-state index in [1.165, 1.54) is 18.5 Å². The van der Waals surface area contributed by atoms with Gasteiger partial charge >= 0.3 is 0 Å². The SMILES string of the molecule is Fc1ccc([C@H]2C=C(c3ccccc3)Nc3ncnn32)cc1. The predicted molar refractivity (Wildman–Crippen MR) is 82.6 cm³/mol. The molecule has 0 aliphatic carbocycles. The van der Waals surface area contributed by atoms with Crippen LogP contribution in [0, 0.1) is 5.82 Å². The summed E-state index contributed by atoms with van der Waals surface area (Å²) in [7, 11) is 0. The Balaban J connectivity index is 1.81. The Hall–Kier alpha value is -2.95. The molecule has 5 heteroatoms. The van der Waals surface area contributed by atoms with Gasteiger partial charge in [0.2, 0.25) is 5.95 Å². The number of anilines is 1. The summed E-state index contributed by atoms with van der Waals surface area (Å²) >= 11 is 0. The summed E-state index contributed by atoms with van der Waals surface area (Å²) in [6, 6.07) is 16.4. The van der Waals surface area contributed by atoms with E-state index >= 15 is 0 Å². The first-order valence-electron chi connectivity index (χ1n) is 7.00. The average molecular weight is 292 g/mol. The number of hydrogen-bond acceptors (Lipinski definition) is 3. The van der Waals surface area contributed by atoms with E-state index < -0.39 is 0 Å². The molecule has 108 valence electrons. The van der Waals surface area contributed by atoms with Crippen LogP contribution >= 0.6 is 0 Å². The van der Waals surface area contributed by atoms with Gasteiger partial charge in [0.25, 0.3) is 0 Å². The fraction of sp³-hybridized carbons (Fsp3) is 0.0588. The van der Waals surface area contributed by atoms with Gasteiger partial charge in [-0.25, -0.2) is 9.07 Å². The Labute approximate surface area is 126 Å². The van der Waals surface area contributed by atoms with Crippen molar-refractivity contribution in [3.8, 4) is 0 Å². The quantitative estimate of drug-likeness (QED) is 0.786. The zero-order valence-corrected chi connectivity index (χ0v) is 11.6. The average Bonchev–Trinajstić information content (AvgIpc) is 3.04. The number of aromatic nitrogens is 3. The topological polar surface area (TPSA) is 42.7 Å². The van der Waals surface area contributed by atoms with Crippen LogP contribution < -0.4 is 5.32 Å². The van der Waals surface area contributed by atoms with Crippen LogP contribution in [0.3, 0.4) is 0 Å². The van der Waals surface area contributed by atoms with Gasteiger partial charge < -0.3 is 5.32 Å². The van der Waals surface area contributed by atoms with Crippen molar-refractivity contribution in [1.82, 2.24) is 14.8 Å². The Morgan fingerprint density at radius 1 is 1.00 bits per heavy atom. The van der Waals surface area contributed by atoms with Crippen LogP contribution in [0.15, 0.2) is 67.0 Å². The minimum atomic E-state index is -0.247. The van der Waals surface area contributed by atoms with Crippen LogP contribution in [-0.4, -0.2) is 14.8 Å². The molecule has 22 heavy (non-hydrogen) atoms. The molecule has 4 rings (SSSR count). The minimum Gasteiger partial charge on any atom is -0.324 e. The highest BCUT2D eigenvalue weighted by molar-refractivity contribution is 5.76. The highest BCUT2D eigenvalue weighted by Gasteiger charge is 2.23. The van der Waals surface area contributed by atoms with Gasteiger partial charge in [0.1, 0.15) is 18.2 Å². The second-order valence-electron chi connectivity index (χ2n) is 5.10. The summed E-state index contributed by atoms with van der Waals surface area (Å²) in [6.45, 7) is 0. The molecule has 1 N–H and O–H groups in total. The molecule has 0 unspecified atom stereocenters. The van der Waals surface area contributed by atoms with E-state index in [4.69, 9.17) is 0 Å². The maximum absolute atomic E-state index is 13.2. The van der Waals surface area contributed by atoms with Crippen molar-refractivity contribution in [3.63, 3.8) is 0 Å². The number of benzene rings is 2. The molecule has 0 radical (unpaired) electrons. The van der Waals surface area contributed by atoms with Crippen LogP contribution in [-0.2, 0) is 0 Å². The van der Waals surface area contributed by atoms with Crippen molar-refractivity contribution in [3.05, 3.63) is 83.9 Å². The summed E-state index contributed by atoms with van der Waals surface area (Å²) in [4.78, 5) is 4.25. The lowest BCUT2D eigenvalue weighted by molar-refractivity contribution is 0.603. The van der Waals surface area contributed by atoms with Gasteiger partial charge in [-0.2, -0.15) is 10.1 Å². The number of nitrogens with one attached hydrogen (secondary N) is 1. The first-order chi connectivity index (χ1) is 10.8. The molecule has 1 aliphatic heterocycles. The zero-order valence-electron chi connectivity index (χ0n) is 11.6. The van der Waals surface area contributed by atoms with Gasteiger partial charge in [0.15, 0.2) is 0 Å². The Morgan fingerprint density at radius 2 is 1.77 bits per heavy atom. The van der Waals surface area contributed by atoms with Crippen molar-refractivity contribution in [2.24, 2.45) is 0 Å². The van der Waals surface area contributed by atoms with Crippen LogP contribution in [0.5, 0.6) is 0 Å². The maximum Gasteiger partial charge on any atom is 0.226 e. The fourth-order valence-corrected chi connectivity index (χ4v) is 2.62. The summed E-state index contributed by atoms with van der Waals surface area (Å²) < 4.78 is 15.0. The maximum atomic E-state index is 13.2. The molecule has 0 amide bonds. The molecule has 3 aromatic rings. The number of nitrogens with zero attached hydrogens (tertiary/aromatic N) is 3. The first kappa shape index (κ1) is 12.8. The number of fused-ring (bicyclic) bond motifs is 1. The molecular formula is C17H13FN4. The van der Waals surface area contributed by atoms with Gasteiger partial charge in [-0.05, 0) is 29.3 Å². The molecule has 0 saturated heterocycles. The zero-order chi connectivity index (χ0) is 14.9. The molecule has 0 bridgehead atoms. The van der Waals surface area contributed by atoms with E-state index in [1.54, 1.807) is 16.8 Å².